The minimum Gasteiger partial charge on any atom is -0.281 e. The summed E-state index contributed by atoms with van der Waals surface area (Å²) in [6.45, 7) is 0. The van der Waals surface area contributed by atoms with E-state index in [1.807, 2.05) is 12.3 Å². The predicted molar refractivity (Wildman–Crippen MR) is 66.9 cm³/mol. The Kier molecular flexibility index (Phi) is 2.05. The number of hydrogen-bond donors (Lipinski definition) is 1. The molecule has 74 valence electrons. The minimum atomic E-state index is 0.799. The average Bonchev–Trinajstić information content (AvgIpc) is 2.76. The first-order chi connectivity index (χ1) is 7.40. The van der Waals surface area contributed by atoms with Crippen LogP contribution >= 0.6 is 22.6 Å². The van der Waals surface area contributed by atoms with Crippen molar-refractivity contribution in [2.45, 2.75) is 4.43 Å². The number of rotatable bonds is 1. The summed E-state index contributed by atoms with van der Waals surface area (Å²) in [5.74, 6) is 0. The molecule has 0 unspecified atom stereocenters. The Morgan fingerprint density at radius 3 is 3.07 bits per heavy atom. The lowest BCUT2D eigenvalue weighted by atomic mass is 10.1. The molecule has 0 aliphatic rings. The molecular weight excluding hydrogens is 303 g/mol. The predicted octanol–water partition coefficient (Wildman–Crippen LogP) is 2.44. The Morgan fingerprint density at radius 1 is 1.27 bits per heavy atom. The summed E-state index contributed by atoms with van der Waals surface area (Å²) < 4.78 is 0.895. The van der Waals surface area contributed by atoms with Crippen LogP contribution in [0, 0.1) is 0 Å². The van der Waals surface area contributed by atoms with E-state index in [1.54, 1.807) is 12.4 Å². The van der Waals surface area contributed by atoms with Crippen LogP contribution in [0.15, 0.2) is 24.7 Å². The molecule has 3 aromatic heterocycles. The van der Waals surface area contributed by atoms with Crippen molar-refractivity contribution in [3.8, 4) is 0 Å². The highest BCUT2D eigenvalue weighted by Gasteiger charge is 2.07. The number of pyridine rings is 1. The van der Waals surface area contributed by atoms with Crippen LogP contribution in [0.4, 0.5) is 0 Å². The maximum atomic E-state index is 4.28. The van der Waals surface area contributed by atoms with Gasteiger partial charge in [-0.2, -0.15) is 5.10 Å². The molecule has 3 heterocycles. The first-order valence-electron chi connectivity index (χ1n) is 4.52. The molecule has 0 aromatic carbocycles. The Morgan fingerprint density at radius 2 is 2.20 bits per heavy atom. The largest absolute Gasteiger partial charge is 0.281 e. The topological polar surface area (TPSA) is 54.5 Å². The van der Waals surface area contributed by atoms with E-state index in [0.717, 1.165) is 26.5 Å². The summed E-state index contributed by atoms with van der Waals surface area (Å²) in [5, 5.41) is 10.4. The van der Waals surface area contributed by atoms with E-state index in [4.69, 9.17) is 0 Å². The van der Waals surface area contributed by atoms with Crippen LogP contribution in [0.2, 0.25) is 0 Å². The van der Waals surface area contributed by atoms with Gasteiger partial charge < -0.3 is 0 Å². The van der Waals surface area contributed by atoms with Crippen LogP contribution < -0.4 is 0 Å². The molecule has 0 saturated heterocycles. The van der Waals surface area contributed by atoms with Crippen molar-refractivity contribution in [3.05, 3.63) is 30.4 Å². The molecule has 0 amide bonds. The summed E-state index contributed by atoms with van der Waals surface area (Å²) in [6.07, 6.45) is 5.40. The van der Waals surface area contributed by atoms with Gasteiger partial charge in [0, 0.05) is 33.0 Å². The third kappa shape index (κ3) is 1.30. The van der Waals surface area contributed by atoms with Crippen LogP contribution in [0.1, 0.15) is 5.69 Å². The number of aromatic nitrogens is 4. The van der Waals surface area contributed by atoms with Crippen molar-refractivity contribution in [1.82, 2.24) is 20.2 Å². The standard InChI is InChI=1S/C10H7IN4/c11-3-8-9-6(5-14-15-8)4-13-10-7(9)1-2-12-10/h1-2,4-5,15H,3H2. The highest BCUT2D eigenvalue weighted by Crippen LogP contribution is 2.25. The lowest BCUT2D eigenvalue weighted by molar-refractivity contribution is 1.000. The van der Waals surface area contributed by atoms with Crippen LogP contribution in [0.5, 0.6) is 0 Å². The summed E-state index contributed by atoms with van der Waals surface area (Å²) in [4.78, 5) is 8.47. The number of alkyl halides is 1. The van der Waals surface area contributed by atoms with Crippen molar-refractivity contribution in [3.63, 3.8) is 0 Å². The van der Waals surface area contributed by atoms with Gasteiger partial charge in [-0.05, 0) is 6.07 Å². The summed E-state index contributed by atoms with van der Waals surface area (Å²) >= 11 is 2.32. The Bertz CT molecular complexity index is 631. The highest BCUT2D eigenvalue weighted by atomic mass is 127. The molecule has 0 saturated carbocycles. The van der Waals surface area contributed by atoms with E-state index in [0.29, 0.717) is 0 Å². The van der Waals surface area contributed by atoms with Crippen molar-refractivity contribution < 1.29 is 0 Å². The van der Waals surface area contributed by atoms with E-state index in [1.165, 1.54) is 5.39 Å². The van der Waals surface area contributed by atoms with Crippen molar-refractivity contribution >= 4 is 44.4 Å². The molecule has 3 rings (SSSR count). The molecule has 0 fully saturated rings. The second kappa shape index (κ2) is 3.41. The maximum absolute atomic E-state index is 4.28. The highest BCUT2D eigenvalue weighted by molar-refractivity contribution is 14.1. The van der Waals surface area contributed by atoms with Gasteiger partial charge >= 0.3 is 0 Å². The number of fused-ring (bicyclic) bond motifs is 3. The van der Waals surface area contributed by atoms with E-state index in [9.17, 15) is 0 Å². The van der Waals surface area contributed by atoms with Gasteiger partial charge in [0.1, 0.15) is 0 Å². The van der Waals surface area contributed by atoms with Gasteiger partial charge in [0.15, 0.2) is 5.65 Å². The molecule has 0 spiro atoms. The molecule has 15 heavy (non-hydrogen) atoms. The first kappa shape index (κ1) is 9.02. The molecule has 4 nitrogen and oxygen atoms in total. The van der Waals surface area contributed by atoms with Crippen LogP contribution in [0.25, 0.3) is 21.8 Å². The van der Waals surface area contributed by atoms with Crippen molar-refractivity contribution in [2.75, 3.05) is 0 Å². The summed E-state index contributed by atoms with van der Waals surface area (Å²) in [5.41, 5.74) is 1.92. The lowest BCUT2D eigenvalue weighted by Crippen LogP contribution is -1.92. The van der Waals surface area contributed by atoms with Gasteiger partial charge in [-0.1, -0.05) is 22.6 Å². The van der Waals surface area contributed by atoms with Crippen LogP contribution in [0.3, 0.4) is 0 Å². The second-order valence-electron chi connectivity index (χ2n) is 3.25. The fraction of sp³-hybridized carbons (Fsp3) is 0.100. The van der Waals surface area contributed by atoms with Crippen LogP contribution in [-0.4, -0.2) is 20.2 Å². The number of nitrogens with one attached hydrogen (secondary N) is 1. The van der Waals surface area contributed by atoms with E-state index >= 15 is 0 Å². The van der Waals surface area contributed by atoms with Gasteiger partial charge in [0.2, 0.25) is 0 Å². The third-order valence-corrected chi connectivity index (χ3v) is 3.16. The van der Waals surface area contributed by atoms with E-state index in [2.05, 4.69) is 42.8 Å². The molecule has 0 atom stereocenters. The summed E-state index contributed by atoms with van der Waals surface area (Å²) in [6, 6.07) is 1.99. The molecule has 0 radical (unpaired) electrons. The number of H-pyrrole nitrogens is 1. The van der Waals surface area contributed by atoms with E-state index in [-0.39, 0.29) is 0 Å². The van der Waals surface area contributed by atoms with Gasteiger partial charge in [-0.3, -0.25) is 5.10 Å². The van der Waals surface area contributed by atoms with Crippen molar-refractivity contribution in [2.24, 2.45) is 0 Å². The SMILES string of the molecule is ICc1[nH]ncc2cnc3nccc3c12. The zero-order chi connectivity index (χ0) is 10.3. The first-order valence-corrected chi connectivity index (χ1v) is 6.04. The van der Waals surface area contributed by atoms with Gasteiger partial charge in [0.25, 0.3) is 0 Å². The zero-order valence-electron chi connectivity index (χ0n) is 7.74. The van der Waals surface area contributed by atoms with Crippen molar-refractivity contribution in [1.29, 1.82) is 0 Å². The van der Waals surface area contributed by atoms with Gasteiger partial charge in [-0.25, -0.2) is 9.97 Å². The monoisotopic (exact) mass is 310 g/mol. The number of nitrogens with zero attached hydrogens (tertiary/aromatic N) is 3. The quantitative estimate of drug-likeness (QED) is 0.555. The summed E-state index contributed by atoms with van der Waals surface area (Å²) in [7, 11) is 0. The van der Waals surface area contributed by atoms with E-state index < -0.39 is 0 Å². The molecule has 3 aromatic rings. The minimum absolute atomic E-state index is 0.799. The van der Waals surface area contributed by atoms with Crippen LogP contribution in [-0.2, 0) is 4.43 Å². The number of aromatic amines is 1. The maximum Gasteiger partial charge on any atom is 0.159 e. The Labute approximate surface area is 99.3 Å². The smallest absolute Gasteiger partial charge is 0.159 e. The molecule has 0 aliphatic carbocycles. The molecular formula is C10H7IN4. The van der Waals surface area contributed by atoms with Gasteiger partial charge in [0.05, 0.1) is 11.9 Å². The second-order valence-corrected chi connectivity index (χ2v) is 4.02. The average molecular weight is 310 g/mol. The Hall–Kier alpha value is -1.24. The molecule has 0 aliphatic heterocycles. The molecule has 5 heteroatoms. The number of halogens is 1. The Balaban J connectivity index is 2.58. The number of hydrogen-bond acceptors (Lipinski definition) is 3. The normalized spacial score (nSPS) is 11.3. The lowest BCUT2D eigenvalue weighted by Gasteiger charge is -2.03. The molecule has 0 bridgehead atoms. The van der Waals surface area contributed by atoms with Gasteiger partial charge in [-0.15, -0.1) is 0 Å². The zero-order valence-corrected chi connectivity index (χ0v) is 9.89. The fourth-order valence-corrected chi connectivity index (χ4v) is 2.29. The fourth-order valence-electron chi connectivity index (χ4n) is 1.74. The third-order valence-electron chi connectivity index (χ3n) is 2.40. The molecule has 1 N–H and O–H groups in total.